The second kappa shape index (κ2) is 10.2. The van der Waals surface area contributed by atoms with Gasteiger partial charge in [-0.15, -0.1) is 0 Å². The van der Waals surface area contributed by atoms with Crippen molar-refractivity contribution in [2.24, 2.45) is 9.98 Å². The van der Waals surface area contributed by atoms with Gasteiger partial charge in [0.15, 0.2) is 11.0 Å². The number of carbonyl (C=O) groups is 2. The number of hydrogen-bond donors (Lipinski definition) is 0. The number of halogens is 1. The third kappa shape index (κ3) is 5.45. The van der Waals surface area contributed by atoms with Crippen LogP contribution in [0.1, 0.15) is 22.8 Å². The molecular weight excluding hydrogens is 424 g/mol. The average Bonchev–Trinajstić information content (AvgIpc) is 2.70. The molecule has 1 aromatic rings. The molecule has 2 unspecified atom stereocenters. The van der Waals surface area contributed by atoms with Crippen molar-refractivity contribution < 1.29 is 24.0 Å². The van der Waals surface area contributed by atoms with Crippen LogP contribution in [0.3, 0.4) is 0 Å². The van der Waals surface area contributed by atoms with Crippen LogP contribution < -0.4 is 0 Å². The number of amidine groups is 2. The van der Waals surface area contributed by atoms with Crippen molar-refractivity contribution in [1.29, 1.82) is 0 Å². The molecule has 2 rings (SSSR count). The molecule has 0 radical (unpaired) electrons. The van der Waals surface area contributed by atoms with Gasteiger partial charge in [0.05, 0.1) is 25.8 Å². The Labute approximate surface area is 176 Å². The summed E-state index contributed by atoms with van der Waals surface area (Å²) >= 11 is 7.24. The molecule has 1 aromatic carbocycles. The van der Waals surface area contributed by atoms with Crippen LogP contribution in [-0.4, -0.2) is 64.4 Å². The maximum absolute atomic E-state index is 12.6. The van der Waals surface area contributed by atoms with Gasteiger partial charge in [0.25, 0.3) is 0 Å². The first-order valence-electron chi connectivity index (χ1n) is 8.41. The topological polar surface area (TPSA) is 124 Å². The van der Waals surface area contributed by atoms with Gasteiger partial charge < -0.3 is 9.47 Å². The summed E-state index contributed by atoms with van der Waals surface area (Å²) in [5.41, 5.74) is -0.449. The average molecular weight is 443 g/mol. The third-order valence-corrected chi connectivity index (χ3v) is 4.73. The second-order valence-corrected chi connectivity index (χ2v) is 6.89. The highest BCUT2D eigenvalue weighted by Crippen LogP contribution is 2.23. The van der Waals surface area contributed by atoms with Crippen molar-refractivity contribution >= 4 is 46.4 Å². The van der Waals surface area contributed by atoms with E-state index < -0.39 is 28.5 Å². The van der Waals surface area contributed by atoms with Gasteiger partial charge in [0.1, 0.15) is 0 Å². The zero-order chi connectivity index (χ0) is 21.6. The first kappa shape index (κ1) is 22.6. The first-order valence-corrected chi connectivity index (χ1v) is 10.1. The van der Waals surface area contributed by atoms with Crippen LogP contribution in [0.2, 0.25) is 0 Å². The van der Waals surface area contributed by atoms with Gasteiger partial charge in [-0.2, -0.15) is 0 Å². The number of aliphatic imine (C=N–C) groups is 2. The van der Waals surface area contributed by atoms with Gasteiger partial charge in [0.2, 0.25) is 5.50 Å². The van der Waals surface area contributed by atoms with Crippen LogP contribution >= 0.6 is 23.4 Å². The lowest BCUT2D eigenvalue weighted by Crippen LogP contribution is -2.51. The quantitative estimate of drug-likeness (QED) is 0.226. The van der Waals surface area contributed by atoms with Crippen molar-refractivity contribution in [3.05, 3.63) is 45.5 Å². The van der Waals surface area contributed by atoms with E-state index in [0.29, 0.717) is 5.56 Å². The molecule has 0 aromatic heterocycles. The van der Waals surface area contributed by atoms with E-state index in [1.54, 1.807) is 31.4 Å². The molecule has 1 aliphatic heterocycles. The van der Waals surface area contributed by atoms with Crippen molar-refractivity contribution in [2.75, 3.05) is 20.0 Å². The summed E-state index contributed by atoms with van der Waals surface area (Å²) in [6.45, 7) is 1.54. The number of carbonyl (C=O) groups excluding carboxylic acids is 2. The molecule has 0 saturated carbocycles. The number of ether oxygens (including phenoxy) is 2. The molecule has 1 aliphatic rings. The van der Waals surface area contributed by atoms with Crippen LogP contribution in [0.15, 0.2) is 34.3 Å². The summed E-state index contributed by atoms with van der Waals surface area (Å²) in [7, 11) is 1.25. The van der Waals surface area contributed by atoms with Crippen LogP contribution in [0, 0.1) is 10.1 Å². The van der Waals surface area contributed by atoms with E-state index in [1.165, 1.54) is 13.2 Å². The number of benzene rings is 1. The first-order chi connectivity index (χ1) is 13.8. The third-order valence-electron chi connectivity index (χ3n) is 3.83. The van der Waals surface area contributed by atoms with E-state index in [2.05, 4.69) is 9.98 Å². The fourth-order valence-corrected chi connectivity index (χ4v) is 3.30. The minimum absolute atomic E-state index is 0.0573. The van der Waals surface area contributed by atoms with Crippen LogP contribution in [0.5, 0.6) is 0 Å². The van der Waals surface area contributed by atoms with Crippen LogP contribution in [0.25, 0.3) is 0 Å². The second-order valence-electron chi connectivity index (χ2n) is 5.67. The van der Waals surface area contributed by atoms with E-state index >= 15 is 0 Å². The van der Waals surface area contributed by atoms with Gasteiger partial charge in [0, 0.05) is 4.92 Å². The number of methoxy groups -OCH3 is 1. The molecule has 10 nitrogen and oxygen atoms in total. The number of hydrogen-bond acceptors (Lipinski definition) is 9. The highest BCUT2D eigenvalue weighted by Gasteiger charge is 2.44. The summed E-state index contributed by atoms with van der Waals surface area (Å²) in [6.07, 6.45) is 0.859. The highest BCUT2D eigenvalue weighted by molar-refractivity contribution is 8.13. The van der Waals surface area contributed by atoms with Crippen LogP contribution in [0.4, 0.5) is 4.79 Å². The Morgan fingerprint density at radius 1 is 1.41 bits per heavy atom. The zero-order valence-corrected chi connectivity index (χ0v) is 17.5. The molecule has 0 fully saturated rings. The van der Waals surface area contributed by atoms with Crippen molar-refractivity contribution in [2.45, 2.75) is 25.0 Å². The summed E-state index contributed by atoms with van der Waals surface area (Å²) < 4.78 is 9.76. The predicted octanol–water partition coefficient (Wildman–Crippen LogP) is 2.77. The molecule has 1 amide bonds. The molecule has 29 heavy (non-hydrogen) atoms. The smallest absolute Gasteiger partial charge is 0.415 e. The molecule has 156 valence electrons. The largest absolute Gasteiger partial charge is 0.465 e. The van der Waals surface area contributed by atoms with Crippen molar-refractivity contribution in [3.8, 4) is 0 Å². The zero-order valence-electron chi connectivity index (χ0n) is 15.9. The van der Waals surface area contributed by atoms with Crippen LogP contribution in [-0.2, 0) is 16.0 Å². The molecule has 1 heterocycles. The normalized spacial score (nSPS) is 18.3. The molecule has 0 spiro atoms. The van der Waals surface area contributed by atoms with E-state index in [9.17, 15) is 19.7 Å². The Hall–Kier alpha value is -2.66. The molecule has 2 atom stereocenters. The number of alkyl halides is 1. The lowest BCUT2D eigenvalue weighted by Gasteiger charge is -2.28. The SMILES string of the molecule is CCOC(=O)N(Cc1cccc(C(=O)OC)c1)C1=NC(SC)=NC(Cl)C1[N+](=O)[O-]. The monoisotopic (exact) mass is 442 g/mol. The van der Waals surface area contributed by atoms with Gasteiger partial charge in [-0.3, -0.25) is 15.0 Å². The van der Waals surface area contributed by atoms with Gasteiger partial charge in [-0.05, 0) is 30.9 Å². The predicted molar refractivity (Wildman–Crippen MR) is 109 cm³/mol. The summed E-state index contributed by atoms with van der Waals surface area (Å²) in [4.78, 5) is 44.5. The Bertz CT molecular complexity index is 862. The summed E-state index contributed by atoms with van der Waals surface area (Å²) in [5, 5.41) is 11.8. The summed E-state index contributed by atoms with van der Waals surface area (Å²) in [5.74, 6) is -0.735. The maximum Gasteiger partial charge on any atom is 0.415 e. The molecule has 12 heteroatoms. The highest BCUT2D eigenvalue weighted by atomic mass is 35.5. The van der Waals surface area contributed by atoms with Gasteiger partial charge >= 0.3 is 18.1 Å². The molecule has 0 bridgehead atoms. The van der Waals surface area contributed by atoms with E-state index in [4.69, 9.17) is 21.1 Å². The maximum atomic E-state index is 12.6. The van der Waals surface area contributed by atoms with E-state index in [-0.39, 0.29) is 29.7 Å². The molecule has 0 aliphatic carbocycles. The number of nitrogens with zero attached hydrogens (tertiary/aromatic N) is 4. The number of rotatable bonds is 5. The van der Waals surface area contributed by atoms with Gasteiger partial charge in [-0.1, -0.05) is 35.5 Å². The Balaban J connectivity index is 2.48. The lowest BCUT2D eigenvalue weighted by atomic mass is 10.1. The van der Waals surface area contributed by atoms with Crippen molar-refractivity contribution in [3.63, 3.8) is 0 Å². The van der Waals surface area contributed by atoms with Crippen molar-refractivity contribution in [1.82, 2.24) is 4.90 Å². The summed E-state index contributed by atoms with van der Waals surface area (Å²) in [6, 6.07) is 4.79. The Morgan fingerprint density at radius 3 is 2.72 bits per heavy atom. The molecule has 0 saturated heterocycles. The lowest BCUT2D eigenvalue weighted by molar-refractivity contribution is -0.503. The van der Waals surface area contributed by atoms with Gasteiger partial charge in [-0.25, -0.2) is 19.6 Å². The standard InChI is InChI=1S/C17H19ClN4O6S/c1-4-28-17(24)21(9-10-6-5-7-11(8-10)15(23)27-2)14-12(22(25)26)13(18)19-16(20-14)29-3/h5-8,12-13H,4,9H2,1-3H3. The minimum Gasteiger partial charge on any atom is -0.465 e. The molecule has 0 N–H and O–H groups in total. The van der Waals surface area contributed by atoms with E-state index in [0.717, 1.165) is 16.7 Å². The Kier molecular flexibility index (Phi) is 7.97. The minimum atomic E-state index is -1.54. The van der Waals surface area contributed by atoms with E-state index in [1.807, 2.05) is 0 Å². The Morgan fingerprint density at radius 2 is 2.14 bits per heavy atom. The molecular formula is C17H19ClN4O6S. The fraction of sp³-hybridized carbons (Fsp3) is 0.412. The number of esters is 1. The number of amides is 1. The number of nitro groups is 1. The number of thioether (sulfide) groups is 1. The fourth-order valence-electron chi connectivity index (χ4n) is 2.54.